The molecule has 2 fully saturated rings. The lowest BCUT2D eigenvalue weighted by Gasteiger charge is -2.39. The number of nitrogens with two attached hydrogens (primary N) is 1. The smallest absolute Gasteiger partial charge is 0.429 e. The average Bonchev–Trinajstić information content (AvgIpc) is 3.70. The second-order valence-electron chi connectivity index (χ2n) is 13.0. The van der Waals surface area contributed by atoms with Crippen molar-refractivity contribution in [3.63, 3.8) is 0 Å². The average molecular weight is 693 g/mol. The van der Waals surface area contributed by atoms with Gasteiger partial charge in [-0.05, 0) is 66.8 Å². The zero-order valence-corrected chi connectivity index (χ0v) is 27.7. The maximum absolute atomic E-state index is 14.9. The fraction of sp³-hybridized carbons (Fsp3) is 0.400. The van der Waals surface area contributed by atoms with E-state index in [-0.39, 0.29) is 34.4 Å². The summed E-state index contributed by atoms with van der Waals surface area (Å²) in [6.07, 6.45) is -3.13. The molecule has 6 rings (SSSR count). The normalized spacial score (nSPS) is 17.9. The van der Waals surface area contributed by atoms with E-state index in [0.29, 0.717) is 68.9 Å². The molecule has 50 heavy (non-hydrogen) atoms. The van der Waals surface area contributed by atoms with E-state index in [1.807, 2.05) is 29.2 Å². The van der Waals surface area contributed by atoms with Crippen molar-refractivity contribution >= 4 is 23.6 Å². The number of hydrogen-bond donors (Lipinski definition) is 4. The quantitative estimate of drug-likeness (QED) is 0.185. The summed E-state index contributed by atoms with van der Waals surface area (Å²) in [5.41, 5.74) is 8.94. The zero-order chi connectivity index (χ0) is 35.6. The van der Waals surface area contributed by atoms with Gasteiger partial charge in [-0.3, -0.25) is 9.59 Å². The highest BCUT2D eigenvalue weighted by Crippen LogP contribution is 2.43. The molecule has 12 nitrogen and oxygen atoms in total. The van der Waals surface area contributed by atoms with Gasteiger partial charge in [0.25, 0.3) is 0 Å². The van der Waals surface area contributed by atoms with Gasteiger partial charge in [0.05, 0.1) is 11.4 Å². The fourth-order valence-corrected chi connectivity index (χ4v) is 6.70. The van der Waals surface area contributed by atoms with Crippen LogP contribution in [0.4, 0.5) is 24.9 Å². The summed E-state index contributed by atoms with van der Waals surface area (Å²) in [4.78, 5) is 32.9. The molecule has 0 radical (unpaired) electrons. The lowest BCUT2D eigenvalue weighted by molar-refractivity contribution is -0.198. The number of carbonyl (C=O) groups excluding carboxylic acids is 1. The Kier molecular flexibility index (Phi) is 9.69. The van der Waals surface area contributed by atoms with Crippen molar-refractivity contribution in [2.75, 3.05) is 36.8 Å². The molecule has 264 valence electrons. The highest BCUT2D eigenvalue weighted by Gasteiger charge is 2.46. The summed E-state index contributed by atoms with van der Waals surface area (Å²) in [6.45, 7) is 5.34. The van der Waals surface area contributed by atoms with Crippen LogP contribution in [0.5, 0.6) is 5.88 Å². The minimum absolute atomic E-state index is 0.108. The first-order valence-electron chi connectivity index (χ1n) is 16.4. The van der Waals surface area contributed by atoms with E-state index in [2.05, 4.69) is 25.7 Å². The standard InChI is InChI=1S/C35H39F3N8O4/c1-21-10-14-46(44-21)28-17-25(24-5-3-23(4-6-24)9-13-40-22(2)47)7-8-26(28)31(35(36,37)38)50-30-18-29(42-33(39)43-30)45-15-11-34(12-16-45)19-27(32(48)49)41-20-34/h3-8,10,14,17-18,27,31,41H,9,11-13,15-16,19-20H2,1-2H3,(H,40,47)(H,48,49)(H2,39,42,43). The minimum atomic E-state index is -4.85. The predicted octanol–water partition coefficient (Wildman–Crippen LogP) is 4.61. The van der Waals surface area contributed by atoms with Gasteiger partial charge in [-0.25, -0.2) is 4.68 Å². The zero-order valence-electron chi connectivity index (χ0n) is 27.7. The van der Waals surface area contributed by atoms with Crippen LogP contribution in [0.3, 0.4) is 0 Å². The summed E-state index contributed by atoms with van der Waals surface area (Å²) in [5, 5.41) is 19.7. The van der Waals surface area contributed by atoms with Crippen LogP contribution in [0.1, 0.15) is 49.1 Å². The molecule has 15 heteroatoms. The monoisotopic (exact) mass is 692 g/mol. The summed E-state index contributed by atoms with van der Waals surface area (Å²) < 4.78 is 51.8. The molecule has 2 aliphatic rings. The number of ether oxygens (including phenoxy) is 1. The van der Waals surface area contributed by atoms with E-state index in [0.717, 1.165) is 11.1 Å². The molecule has 2 saturated heterocycles. The van der Waals surface area contributed by atoms with Gasteiger partial charge in [0.1, 0.15) is 11.9 Å². The van der Waals surface area contributed by atoms with Crippen LogP contribution in [0.15, 0.2) is 60.8 Å². The maximum Gasteiger partial charge on any atom is 0.429 e. The maximum atomic E-state index is 14.9. The first-order chi connectivity index (χ1) is 23.8. The van der Waals surface area contributed by atoms with Crippen molar-refractivity contribution in [3.05, 3.63) is 77.6 Å². The van der Waals surface area contributed by atoms with E-state index in [1.165, 1.54) is 23.7 Å². The Morgan fingerprint density at radius 3 is 2.44 bits per heavy atom. The number of rotatable bonds is 10. The van der Waals surface area contributed by atoms with Crippen molar-refractivity contribution in [2.45, 2.75) is 57.9 Å². The van der Waals surface area contributed by atoms with Gasteiger partial charge in [-0.2, -0.15) is 28.2 Å². The van der Waals surface area contributed by atoms with Crippen LogP contribution in [0, 0.1) is 12.3 Å². The molecule has 2 aromatic heterocycles. The number of carboxylic acids is 1. The predicted molar refractivity (Wildman–Crippen MR) is 180 cm³/mol. The Balaban J connectivity index is 1.27. The third-order valence-corrected chi connectivity index (χ3v) is 9.41. The van der Waals surface area contributed by atoms with Crippen LogP contribution in [-0.4, -0.2) is 75.1 Å². The number of alkyl halides is 3. The third kappa shape index (κ3) is 7.83. The van der Waals surface area contributed by atoms with Crippen LogP contribution in [0.25, 0.3) is 16.8 Å². The molecule has 0 saturated carbocycles. The molecular weight excluding hydrogens is 653 g/mol. The number of carboxylic acid groups (broad SMARTS) is 1. The van der Waals surface area contributed by atoms with Crippen LogP contribution >= 0.6 is 0 Å². The Hall–Kier alpha value is -5.18. The SMILES string of the molecule is CC(=O)NCCc1ccc(-c2ccc(C(Oc3cc(N4CCC5(CC4)CNC(C(=O)O)C5)nc(N)n3)C(F)(F)F)c(-n3ccc(C)n3)c2)cc1. The minimum Gasteiger partial charge on any atom is -0.480 e. The van der Waals surface area contributed by atoms with Gasteiger partial charge < -0.3 is 31.1 Å². The lowest BCUT2D eigenvalue weighted by Crippen LogP contribution is -2.41. The number of halogens is 3. The number of piperidine rings is 1. The third-order valence-electron chi connectivity index (χ3n) is 9.41. The molecule has 5 N–H and O–H groups in total. The van der Waals surface area contributed by atoms with Crippen molar-refractivity contribution in [3.8, 4) is 22.7 Å². The van der Waals surface area contributed by atoms with Gasteiger partial charge in [0.2, 0.25) is 23.8 Å². The molecule has 0 aliphatic carbocycles. The molecule has 2 unspecified atom stereocenters. The van der Waals surface area contributed by atoms with Gasteiger partial charge in [-0.1, -0.05) is 36.4 Å². The summed E-state index contributed by atoms with van der Waals surface area (Å²) >= 11 is 0. The van der Waals surface area contributed by atoms with E-state index in [1.54, 1.807) is 31.3 Å². The number of benzene rings is 2. The van der Waals surface area contributed by atoms with Gasteiger partial charge in [-0.15, -0.1) is 0 Å². The lowest BCUT2D eigenvalue weighted by atomic mass is 9.76. The number of nitrogens with one attached hydrogen (secondary N) is 2. The summed E-state index contributed by atoms with van der Waals surface area (Å²) in [6, 6.07) is 14.7. The topological polar surface area (TPSA) is 161 Å². The molecule has 4 aromatic rings. The first-order valence-corrected chi connectivity index (χ1v) is 16.4. The van der Waals surface area contributed by atoms with Crippen molar-refractivity contribution in [1.82, 2.24) is 30.4 Å². The van der Waals surface area contributed by atoms with E-state index in [4.69, 9.17) is 10.5 Å². The number of aromatic nitrogens is 4. The summed E-state index contributed by atoms with van der Waals surface area (Å²) in [7, 11) is 0. The number of nitrogen functional groups attached to an aromatic ring is 1. The van der Waals surface area contributed by atoms with Gasteiger partial charge in [0.15, 0.2) is 0 Å². The molecule has 2 atom stereocenters. The number of carbonyl (C=O) groups is 2. The molecular formula is C35H39F3N8O4. The van der Waals surface area contributed by atoms with Crippen LogP contribution in [-0.2, 0) is 16.0 Å². The molecule has 0 bridgehead atoms. The number of aryl methyl sites for hydroxylation is 1. The molecule has 4 heterocycles. The Morgan fingerprint density at radius 2 is 1.82 bits per heavy atom. The van der Waals surface area contributed by atoms with Crippen LogP contribution in [0.2, 0.25) is 0 Å². The van der Waals surface area contributed by atoms with Crippen molar-refractivity contribution in [1.29, 1.82) is 0 Å². The molecule has 2 aliphatic heterocycles. The second-order valence-corrected chi connectivity index (χ2v) is 13.0. The molecule has 1 spiro atoms. The van der Waals surface area contributed by atoms with E-state index >= 15 is 0 Å². The highest BCUT2D eigenvalue weighted by molar-refractivity contribution is 5.74. The van der Waals surface area contributed by atoms with E-state index in [9.17, 15) is 27.9 Å². The Labute approximate surface area is 286 Å². The number of amides is 1. The number of aliphatic carboxylic acids is 1. The number of nitrogens with zero attached hydrogens (tertiary/aromatic N) is 5. The second kappa shape index (κ2) is 14.0. The highest BCUT2D eigenvalue weighted by atomic mass is 19.4. The van der Waals surface area contributed by atoms with Crippen molar-refractivity contribution < 1.29 is 32.6 Å². The number of anilines is 2. The Bertz CT molecular complexity index is 1860. The largest absolute Gasteiger partial charge is 0.480 e. The molecule has 1 amide bonds. The van der Waals surface area contributed by atoms with Gasteiger partial charge >= 0.3 is 12.1 Å². The van der Waals surface area contributed by atoms with E-state index < -0.39 is 24.3 Å². The molecule has 2 aromatic carbocycles. The first kappa shape index (κ1) is 34.7. The van der Waals surface area contributed by atoms with Crippen LogP contribution < -0.4 is 26.0 Å². The fourth-order valence-electron chi connectivity index (χ4n) is 6.70. The Morgan fingerprint density at radius 1 is 1.10 bits per heavy atom. The summed E-state index contributed by atoms with van der Waals surface area (Å²) in [5.74, 6) is -1.21. The van der Waals surface area contributed by atoms with Gasteiger partial charge in [0, 0.05) is 50.9 Å². The van der Waals surface area contributed by atoms with Crippen molar-refractivity contribution in [2.24, 2.45) is 5.41 Å². The number of hydrogen-bond acceptors (Lipinski definition) is 9.